The van der Waals surface area contributed by atoms with Gasteiger partial charge in [-0.05, 0) is 36.1 Å². The number of alkyl halides is 3. The summed E-state index contributed by atoms with van der Waals surface area (Å²) in [5.74, 6) is 0.828. The van der Waals surface area contributed by atoms with Gasteiger partial charge >= 0.3 is 6.18 Å². The zero-order valence-electron chi connectivity index (χ0n) is 21.2. The van der Waals surface area contributed by atoms with Crippen LogP contribution >= 0.6 is 0 Å². The van der Waals surface area contributed by atoms with Gasteiger partial charge in [0.25, 0.3) is 5.56 Å². The molecule has 0 amide bonds. The summed E-state index contributed by atoms with van der Waals surface area (Å²) >= 11 is 0. The normalized spacial score (nSPS) is 17.8. The Balaban J connectivity index is 1.45. The number of anilines is 2. The molecule has 198 valence electrons. The highest BCUT2D eigenvalue weighted by Gasteiger charge is 2.42. The fraction of sp³-hybridized carbons (Fsp3) is 0.423. The van der Waals surface area contributed by atoms with Crippen molar-refractivity contribution in [1.82, 2.24) is 34.6 Å². The first-order valence-electron chi connectivity index (χ1n) is 12.4. The maximum absolute atomic E-state index is 13.5. The Morgan fingerprint density at radius 2 is 1.89 bits per heavy atom. The van der Waals surface area contributed by atoms with Crippen LogP contribution in [-0.4, -0.2) is 42.0 Å². The molecule has 0 unspecified atom stereocenters. The highest BCUT2D eigenvalue weighted by Crippen LogP contribution is 2.45. The summed E-state index contributed by atoms with van der Waals surface area (Å²) in [7, 11) is 0. The van der Waals surface area contributed by atoms with Crippen LogP contribution in [-0.2, 0) is 23.9 Å². The fourth-order valence-electron chi connectivity index (χ4n) is 5.02. The van der Waals surface area contributed by atoms with Crippen molar-refractivity contribution < 1.29 is 13.2 Å². The van der Waals surface area contributed by atoms with Crippen LogP contribution in [0.3, 0.4) is 0 Å². The standard InChI is InChI=1S/C26H27F3N8O/c1-24(2)13-30-11-15-10-16(4-5-18(15)24)33-23-32-12-17-20(35-23)37(36(21(17)38)14-26(27,28)29)19-6-9-31-22(34-19)25(3)7-8-25/h4-6,9-10,12,30H,7-8,11,13-14H2,1-3H3,(H,32,33,35). The molecule has 1 aromatic carbocycles. The van der Waals surface area contributed by atoms with Gasteiger partial charge in [0.1, 0.15) is 17.8 Å². The van der Waals surface area contributed by atoms with E-state index in [1.165, 1.54) is 24.0 Å². The minimum atomic E-state index is -4.63. The molecule has 38 heavy (non-hydrogen) atoms. The van der Waals surface area contributed by atoms with E-state index in [0.29, 0.717) is 10.5 Å². The third-order valence-corrected chi connectivity index (χ3v) is 7.38. The topological polar surface area (TPSA) is 103 Å². The molecule has 0 atom stereocenters. The van der Waals surface area contributed by atoms with Crippen LogP contribution in [0.2, 0.25) is 0 Å². The molecule has 6 rings (SSSR count). The summed E-state index contributed by atoms with van der Waals surface area (Å²) in [4.78, 5) is 30.7. The number of rotatable bonds is 5. The third-order valence-electron chi connectivity index (χ3n) is 7.38. The number of hydrogen-bond donors (Lipinski definition) is 2. The largest absolute Gasteiger partial charge is 0.408 e. The Kier molecular flexibility index (Phi) is 5.39. The van der Waals surface area contributed by atoms with Gasteiger partial charge in [0.2, 0.25) is 5.95 Å². The predicted molar refractivity (Wildman–Crippen MR) is 136 cm³/mol. The van der Waals surface area contributed by atoms with E-state index in [1.807, 2.05) is 19.1 Å². The second kappa shape index (κ2) is 8.35. The van der Waals surface area contributed by atoms with Crippen molar-refractivity contribution in [2.75, 3.05) is 11.9 Å². The van der Waals surface area contributed by atoms with E-state index < -0.39 is 18.3 Å². The van der Waals surface area contributed by atoms with E-state index in [1.54, 1.807) is 0 Å². The van der Waals surface area contributed by atoms with Crippen LogP contribution in [0, 0.1) is 0 Å². The molecule has 12 heteroatoms. The molecule has 9 nitrogen and oxygen atoms in total. The molecule has 2 N–H and O–H groups in total. The highest BCUT2D eigenvalue weighted by atomic mass is 19.4. The first-order valence-corrected chi connectivity index (χ1v) is 12.4. The minimum absolute atomic E-state index is 0.00703. The summed E-state index contributed by atoms with van der Waals surface area (Å²) in [6.07, 6.45) is -0.0974. The Morgan fingerprint density at radius 3 is 2.63 bits per heavy atom. The van der Waals surface area contributed by atoms with Gasteiger partial charge in [-0.15, -0.1) is 0 Å². The lowest BCUT2D eigenvalue weighted by Crippen LogP contribution is -2.38. The summed E-state index contributed by atoms with van der Waals surface area (Å²) in [6, 6.07) is 7.47. The summed E-state index contributed by atoms with van der Waals surface area (Å²) in [5.41, 5.74) is 2.09. The molecular formula is C26H27F3N8O. The lowest BCUT2D eigenvalue weighted by atomic mass is 9.79. The van der Waals surface area contributed by atoms with Crippen LogP contribution in [0.1, 0.15) is 50.6 Å². The van der Waals surface area contributed by atoms with E-state index in [-0.39, 0.29) is 33.6 Å². The summed E-state index contributed by atoms with van der Waals surface area (Å²) < 4.78 is 42.3. The number of nitrogens with zero attached hydrogens (tertiary/aromatic N) is 6. The first kappa shape index (κ1) is 24.5. The second-order valence-electron chi connectivity index (χ2n) is 11.0. The molecule has 0 radical (unpaired) electrons. The van der Waals surface area contributed by atoms with Gasteiger partial charge in [0, 0.05) is 48.1 Å². The van der Waals surface area contributed by atoms with E-state index in [4.69, 9.17) is 0 Å². The molecule has 1 fully saturated rings. The van der Waals surface area contributed by atoms with E-state index in [9.17, 15) is 18.0 Å². The van der Waals surface area contributed by atoms with Crippen molar-refractivity contribution in [2.24, 2.45) is 0 Å². The maximum atomic E-state index is 13.5. The van der Waals surface area contributed by atoms with Gasteiger partial charge in [-0.25, -0.2) is 24.3 Å². The summed E-state index contributed by atoms with van der Waals surface area (Å²) in [6.45, 7) is 6.47. The quantitative estimate of drug-likeness (QED) is 0.405. The van der Waals surface area contributed by atoms with Crippen molar-refractivity contribution in [3.05, 3.63) is 64.0 Å². The molecule has 3 aromatic heterocycles. The molecule has 1 aliphatic heterocycles. The Morgan fingerprint density at radius 1 is 1.11 bits per heavy atom. The molecule has 2 aliphatic rings. The van der Waals surface area contributed by atoms with Crippen molar-refractivity contribution in [3.63, 3.8) is 0 Å². The third kappa shape index (κ3) is 4.32. The Bertz CT molecular complexity index is 1620. The Labute approximate surface area is 216 Å². The van der Waals surface area contributed by atoms with Gasteiger partial charge < -0.3 is 10.6 Å². The van der Waals surface area contributed by atoms with Gasteiger partial charge in [-0.3, -0.25) is 4.79 Å². The van der Waals surface area contributed by atoms with Gasteiger partial charge in [-0.1, -0.05) is 26.8 Å². The smallest absolute Gasteiger partial charge is 0.324 e. The van der Waals surface area contributed by atoms with Crippen LogP contribution in [0.5, 0.6) is 0 Å². The average molecular weight is 525 g/mol. The molecule has 4 aromatic rings. The van der Waals surface area contributed by atoms with E-state index in [0.717, 1.165) is 41.9 Å². The first-order chi connectivity index (χ1) is 17.9. The lowest BCUT2D eigenvalue weighted by molar-refractivity contribution is -0.144. The number of aromatic nitrogens is 6. The predicted octanol–water partition coefficient (Wildman–Crippen LogP) is 4.11. The number of benzene rings is 1. The van der Waals surface area contributed by atoms with E-state index >= 15 is 0 Å². The molecule has 0 saturated heterocycles. The lowest BCUT2D eigenvalue weighted by Gasteiger charge is -2.33. The number of halogens is 3. The zero-order chi connectivity index (χ0) is 26.9. The fourth-order valence-corrected chi connectivity index (χ4v) is 5.02. The van der Waals surface area contributed by atoms with Crippen LogP contribution in [0.4, 0.5) is 24.8 Å². The van der Waals surface area contributed by atoms with Crippen molar-refractivity contribution in [1.29, 1.82) is 0 Å². The van der Waals surface area contributed by atoms with Crippen molar-refractivity contribution in [2.45, 2.75) is 63.7 Å². The van der Waals surface area contributed by atoms with Gasteiger partial charge in [0.05, 0.1) is 0 Å². The Hall–Kier alpha value is -3.80. The highest BCUT2D eigenvalue weighted by molar-refractivity contribution is 5.77. The average Bonchev–Trinajstić information content (AvgIpc) is 3.55. The molecule has 0 spiro atoms. The van der Waals surface area contributed by atoms with Crippen LogP contribution in [0.15, 0.2) is 41.5 Å². The SMILES string of the molecule is CC1(C)CNCc2cc(Nc3ncc4c(=O)n(CC(F)(F)F)n(-c5ccnc(C6(C)CC6)n5)c4n3)ccc21. The second-order valence-corrected chi connectivity index (χ2v) is 11.0. The zero-order valence-corrected chi connectivity index (χ0v) is 21.2. The number of hydrogen-bond acceptors (Lipinski definition) is 7. The van der Waals surface area contributed by atoms with Crippen molar-refractivity contribution in [3.8, 4) is 5.82 Å². The van der Waals surface area contributed by atoms with E-state index in [2.05, 4.69) is 50.5 Å². The minimum Gasteiger partial charge on any atom is -0.324 e. The summed E-state index contributed by atoms with van der Waals surface area (Å²) in [5, 5.41) is 6.53. The van der Waals surface area contributed by atoms with Gasteiger partial charge in [-0.2, -0.15) is 18.2 Å². The molecule has 1 aliphatic carbocycles. The van der Waals surface area contributed by atoms with Gasteiger partial charge in [0.15, 0.2) is 11.5 Å². The van der Waals surface area contributed by atoms with Crippen LogP contribution in [0.25, 0.3) is 16.9 Å². The molecule has 1 saturated carbocycles. The van der Waals surface area contributed by atoms with Crippen molar-refractivity contribution >= 4 is 22.7 Å². The molecule has 4 heterocycles. The number of fused-ring (bicyclic) bond motifs is 2. The van der Waals surface area contributed by atoms with Crippen LogP contribution < -0.4 is 16.2 Å². The molecular weight excluding hydrogens is 497 g/mol. The number of nitrogens with one attached hydrogen (secondary N) is 2. The molecule has 0 bridgehead atoms. The maximum Gasteiger partial charge on any atom is 0.408 e. The monoisotopic (exact) mass is 524 g/mol.